The largest absolute Gasteiger partial charge is 0.353 e. The Kier molecular flexibility index (Phi) is 6.07. The zero-order chi connectivity index (χ0) is 22.7. The smallest absolute Gasteiger partial charge is 0.256 e. The molecule has 0 radical (unpaired) electrons. The fourth-order valence-corrected chi connectivity index (χ4v) is 3.48. The Morgan fingerprint density at radius 2 is 1.56 bits per heavy atom. The van der Waals surface area contributed by atoms with E-state index < -0.39 is 23.4 Å². The number of nitrogens with one attached hydrogen (secondary N) is 1. The van der Waals surface area contributed by atoms with Crippen LogP contribution < -0.4 is 10.2 Å². The van der Waals surface area contributed by atoms with E-state index >= 15 is 0 Å². The standard InChI is InChI=1S/C23H19F3N4O2/c24-16-11-15(12-17(25)13-16)22(31)28-18-5-6-21(27-14-18)29-7-9-30(10-8-29)23(32)19-3-1-2-4-20(19)26/h1-6,11-14H,7-10H2,(H,28,31). The average Bonchev–Trinajstić information content (AvgIpc) is 2.79. The number of rotatable bonds is 4. The first kappa shape index (κ1) is 21.4. The topological polar surface area (TPSA) is 65.5 Å². The zero-order valence-electron chi connectivity index (χ0n) is 16.9. The van der Waals surface area contributed by atoms with Crippen LogP contribution in [0.5, 0.6) is 0 Å². The Labute approximate surface area is 182 Å². The molecule has 1 aliphatic heterocycles. The molecule has 9 heteroatoms. The van der Waals surface area contributed by atoms with Crippen LogP contribution in [0.2, 0.25) is 0 Å². The molecule has 0 saturated carbocycles. The fraction of sp³-hybridized carbons (Fsp3) is 0.174. The van der Waals surface area contributed by atoms with Crippen LogP contribution in [0.4, 0.5) is 24.7 Å². The minimum absolute atomic E-state index is 0.0531. The summed E-state index contributed by atoms with van der Waals surface area (Å²) in [5, 5.41) is 2.55. The lowest BCUT2D eigenvalue weighted by atomic mass is 10.1. The lowest BCUT2D eigenvalue weighted by molar-refractivity contribution is 0.0741. The van der Waals surface area contributed by atoms with Crippen molar-refractivity contribution in [3.63, 3.8) is 0 Å². The maximum Gasteiger partial charge on any atom is 0.256 e. The van der Waals surface area contributed by atoms with Gasteiger partial charge in [0.05, 0.1) is 17.4 Å². The van der Waals surface area contributed by atoms with Gasteiger partial charge >= 0.3 is 0 Å². The summed E-state index contributed by atoms with van der Waals surface area (Å²) in [5.74, 6) is -2.56. The van der Waals surface area contributed by atoms with E-state index in [9.17, 15) is 22.8 Å². The van der Waals surface area contributed by atoms with E-state index in [0.717, 1.165) is 12.1 Å². The number of halogens is 3. The van der Waals surface area contributed by atoms with Gasteiger partial charge in [-0.15, -0.1) is 0 Å². The van der Waals surface area contributed by atoms with Gasteiger partial charge in [0, 0.05) is 37.8 Å². The number of aromatic nitrogens is 1. The van der Waals surface area contributed by atoms with Crippen molar-refractivity contribution in [2.24, 2.45) is 0 Å². The summed E-state index contributed by atoms with van der Waals surface area (Å²) in [6.45, 7) is 1.86. The molecule has 0 atom stereocenters. The number of amides is 2. The van der Waals surface area contributed by atoms with Crippen molar-refractivity contribution in [1.82, 2.24) is 9.88 Å². The first-order valence-corrected chi connectivity index (χ1v) is 9.93. The number of pyridine rings is 1. The molecule has 1 saturated heterocycles. The van der Waals surface area contributed by atoms with Crippen molar-refractivity contribution >= 4 is 23.3 Å². The van der Waals surface area contributed by atoms with Gasteiger partial charge in [0.25, 0.3) is 11.8 Å². The number of carbonyl (C=O) groups is 2. The van der Waals surface area contributed by atoms with Crippen molar-refractivity contribution in [3.05, 3.63) is 89.4 Å². The van der Waals surface area contributed by atoms with Crippen molar-refractivity contribution in [2.45, 2.75) is 0 Å². The molecular weight excluding hydrogens is 421 g/mol. The van der Waals surface area contributed by atoms with Gasteiger partial charge in [-0.05, 0) is 36.4 Å². The third-order valence-electron chi connectivity index (χ3n) is 5.13. The van der Waals surface area contributed by atoms with E-state index in [4.69, 9.17) is 0 Å². The Morgan fingerprint density at radius 3 is 2.19 bits per heavy atom. The zero-order valence-corrected chi connectivity index (χ0v) is 16.9. The maximum absolute atomic E-state index is 13.9. The molecule has 2 amide bonds. The number of anilines is 2. The van der Waals surface area contributed by atoms with E-state index in [1.807, 2.05) is 4.90 Å². The SMILES string of the molecule is O=C(Nc1ccc(N2CCN(C(=O)c3ccccc3F)CC2)nc1)c1cc(F)cc(F)c1. The van der Waals surface area contributed by atoms with Crippen LogP contribution in [-0.4, -0.2) is 47.9 Å². The molecule has 6 nitrogen and oxygen atoms in total. The third kappa shape index (κ3) is 4.72. The Morgan fingerprint density at radius 1 is 0.875 bits per heavy atom. The Bertz CT molecular complexity index is 1130. The molecule has 1 aromatic heterocycles. The normalized spacial score (nSPS) is 13.7. The molecule has 1 fully saturated rings. The fourth-order valence-electron chi connectivity index (χ4n) is 3.48. The molecule has 0 bridgehead atoms. The van der Waals surface area contributed by atoms with Gasteiger partial charge in [-0.1, -0.05) is 12.1 Å². The van der Waals surface area contributed by atoms with Crippen LogP contribution in [-0.2, 0) is 0 Å². The first-order chi connectivity index (χ1) is 15.4. The quantitative estimate of drug-likeness (QED) is 0.672. The van der Waals surface area contributed by atoms with E-state index in [0.29, 0.717) is 43.8 Å². The minimum atomic E-state index is -0.837. The van der Waals surface area contributed by atoms with Gasteiger partial charge in [-0.25, -0.2) is 18.2 Å². The van der Waals surface area contributed by atoms with Crippen LogP contribution in [0.25, 0.3) is 0 Å². The molecule has 32 heavy (non-hydrogen) atoms. The second-order valence-electron chi connectivity index (χ2n) is 7.28. The first-order valence-electron chi connectivity index (χ1n) is 9.93. The summed E-state index contributed by atoms with van der Waals surface area (Å²) in [4.78, 5) is 32.6. The van der Waals surface area contributed by atoms with Gasteiger partial charge < -0.3 is 15.1 Å². The summed E-state index contributed by atoms with van der Waals surface area (Å²) in [6, 6.07) is 11.8. The second-order valence-corrected chi connectivity index (χ2v) is 7.28. The molecule has 164 valence electrons. The summed E-state index contributed by atoms with van der Waals surface area (Å²) in [7, 11) is 0. The van der Waals surface area contributed by atoms with E-state index in [2.05, 4.69) is 10.3 Å². The lowest BCUT2D eigenvalue weighted by Crippen LogP contribution is -2.49. The summed E-state index contributed by atoms with van der Waals surface area (Å²) in [5.41, 5.74) is 0.288. The van der Waals surface area contributed by atoms with Crippen molar-refractivity contribution in [1.29, 1.82) is 0 Å². The minimum Gasteiger partial charge on any atom is -0.353 e. The highest BCUT2D eigenvalue weighted by Gasteiger charge is 2.24. The van der Waals surface area contributed by atoms with Crippen LogP contribution in [0, 0.1) is 17.5 Å². The molecule has 4 rings (SSSR count). The van der Waals surface area contributed by atoms with Gasteiger partial charge in [0.15, 0.2) is 0 Å². The summed E-state index contributed by atoms with van der Waals surface area (Å²) < 4.78 is 40.5. The predicted molar refractivity (Wildman–Crippen MR) is 113 cm³/mol. The highest BCUT2D eigenvalue weighted by molar-refractivity contribution is 6.04. The second kappa shape index (κ2) is 9.09. The molecule has 1 N–H and O–H groups in total. The van der Waals surface area contributed by atoms with Crippen LogP contribution >= 0.6 is 0 Å². The average molecular weight is 440 g/mol. The van der Waals surface area contributed by atoms with Gasteiger partial charge in [-0.2, -0.15) is 0 Å². The number of benzene rings is 2. The number of nitrogens with zero attached hydrogens (tertiary/aromatic N) is 3. The summed E-state index contributed by atoms with van der Waals surface area (Å²) >= 11 is 0. The highest BCUT2D eigenvalue weighted by atomic mass is 19.1. The molecular formula is C23H19F3N4O2. The van der Waals surface area contributed by atoms with Crippen LogP contribution in [0.1, 0.15) is 20.7 Å². The van der Waals surface area contributed by atoms with Gasteiger partial charge in [-0.3, -0.25) is 9.59 Å². The number of hydrogen-bond donors (Lipinski definition) is 1. The molecule has 2 aromatic carbocycles. The molecule has 1 aliphatic rings. The summed E-state index contributed by atoms with van der Waals surface area (Å²) in [6.07, 6.45) is 1.44. The molecule has 0 aliphatic carbocycles. The van der Waals surface area contributed by atoms with Crippen LogP contribution in [0.3, 0.4) is 0 Å². The van der Waals surface area contributed by atoms with E-state index in [1.165, 1.54) is 24.4 Å². The Balaban J connectivity index is 1.35. The van der Waals surface area contributed by atoms with Crippen molar-refractivity contribution in [3.8, 4) is 0 Å². The third-order valence-corrected chi connectivity index (χ3v) is 5.13. The maximum atomic E-state index is 13.9. The number of hydrogen-bond acceptors (Lipinski definition) is 4. The molecule has 3 aromatic rings. The molecule has 2 heterocycles. The lowest BCUT2D eigenvalue weighted by Gasteiger charge is -2.35. The van der Waals surface area contributed by atoms with Crippen molar-refractivity contribution < 1.29 is 22.8 Å². The monoisotopic (exact) mass is 440 g/mol. The van der Waals surface area contributed by atoms with E-state index in [1.54, 1.807) is 23.1 Å². The number of carbonyl (C=O) groups excluding carboxylic acids is 2. The van der Waals surface area contributed by atoms with Crippen molar-refractivity contribution in [2.75, 3.05) is 36.4 Å². The predicted octanol–water partition coefficient (Wildman–Crippen LogP) is 3.71. The number of piperazine rings is 1. The Hall–Kier alpha value is -3.88. The van der Waals surface area contributed by atoms with Crippen LogP contribution in [0.15, 0.2) is 60.8 Å². The van der Waals surface area contributed by atoms with E-state index in [-0.39, 0.29) is 17.0 Å². The molecule has 0 unspecified atom stereocenters. The highest BCUT2D eigenvalue weighted by Crippen LogP contribution is 2.19. The van der Waals surface area contributed by atoms with Gasteiger partial charge in [0.2, 0.25) is 0 Å². The molecule has 0 spiro atoms. The van der Waals surface area contributed by atoms with Gasteiger partial charge in [0.1, 0.15) is 23.3 Å².